The molecule has 0 saturated carbocycles. The number of aliphatic carboxylic acids is 1. The quantitative estimate of drug-likeness (QED) is 0.805. The molecule has 0 bridgehead atoms. The normalized spacial score (nSPS) is 13.9. The first-order chi connectivity index (χ1) is 8.93. The van der Waals surface area contributed by atoms with Gasteiger partial charge in [0.05, 0.1) is 11.6 Å². The minimum Gasteiger partial charge on any atom is -0.496 e. The Morgan fingerprint density at radius 1 is 1.47 bits per heavy atom. The number of carboxylic acid groups (broad SMARTS) is 1. The molecule has 2 unspecified atom stereocenters. The van der Waals surface area contributed by atoms with Crippen LogP contribution in [-0.2, 0) is 4.79 Å². The molecular formula is C14H20BrNO3. The van der Waals surface area contributed by atoms with E-state index in [2.05, 4.69) is 28.2 Å². The molecule has 0 saturated heterocycles. The molecular weight excluding hydrogens is 310 g/mol. The minimum absolute atomic E-state index is 0.158. The predicted molar refractivity (Wildman–Crippen MR) is 78.6 cm³/mol. The van der Waals surface area contributed by atoms with Crippen LogP contribution in [0.1, 0.15) is 38.3 Å². The Morgan fingerprint density at radius 3 is 2.68 bits per heavy atom. The van der Waals surface area contributed by atoms with Gasteiger partial charge in [0.15, 0.2) is 0 Å². The van der Waals surface area contributed by atoms with Crippen molar-refractivity contribution in [2.45, 2.75) is 38.8 Å². The molecule has 106 valence electrons. The van der Waals surface area contributed by atoms with Gasteiger partial charge in [-0.3, -0.25) is 4.79 Å². The molecule has 0 spiro atoms. The summed E-state index contributed by atoms with van der Waals surface area (Å²) in [6, 6.07) is 6.25. The average Bonchev–Trinajstić information content (AvgIpc) is 2.36. The van der Waals surface area contributed by atoms with Gasteiger partial charge in [-0.15, -0.1) is 0 Å². The summed E-state index contributed by atoms with van der Waals surface area (Å²) < 4.78 is 6.11. The molecule has 0 amide bonds. The van der Waals surface area contributed by atoms with E-state index in [9.17, 15) is 4.79 Å². The Morgan fingerprint density at radius 2 is 2.16 bits per heavy atom. The number of rotatable bonds is 7. The van der Waals surface area contributed by atoms with Gasteiger partial charge in [-0.25, -0.2) is 0 Å². The smallest absolute Gasteiger partial charge is 0.303 e. The summed E-state index contributed by atoms with van der Waals surface area (Å²) >= 11 is 3.46. The zero-order valence-electron chi connectivity index (χ0n) is 11.4. The van der Waals surface area contributed by atoms with Crippen molar-refractivity contribution in [2.24, 2.45) is 0 Å². The van der Waals surface area contributed by atoms with E-state index >= 15 is 0 Å². The highest BCUT2D eigenvalue weighted by Crippen LogP contribution is 2.28. The molecule has 1 aromatic carbocycles. The molecule has 1 aromatic rings. The van der Waals surface area contributed by atoms with E-state index < -0.39 is 5.97 Å². The molecule has 0 aliphatic heterocycles. The molecule has 0 heterocycles. The predicted octanol–water partition coefficient (Wildman–Crippen LogP) is 3.36. The molecule has 0 aromatic heterocycles. The standard InChI is InChI=1S/C14H20BrNO3/c1-9(4-7-14(17)18)16-10(2)11-5-6-13(19-3)12(15)8-11/h5-6,8-10,16H,4,7H2,1-3H3,(H,17,18). The Bertz CT molecular complexity index is 437. The fourth-order valence-corrected chi connectivity index (χ4v) is 2.46. The lowest BCUT2D eigenvalue weighted by Gasteiger charge is -2.20. The number of nitrogens with one attached hydrogen (secondary N) is 1. The second kappa shape index (κ2) is 7.50. The molecule has 4 nitrogen and oxygen atoms in total. The van der Waals surface area contributed by atoms with Gasteiger partial charge in [0.2, 0.25) is 0 Å². The van der Waals surface area contributed by atoms with Crippen molar-refractivity contribution < 1.29 is 14.6 Å². The third kappa shape index (κ3) is 5.20. The maximum atomic E-state index is 10.5. The fraction of sp³-hybridized carbons (Fsp3) is 0.500. The highest BCUT2D eigenvalue weighted by atomic mass is 79.9. The number of benzene rings is 1. The van der Waals surface area contributed by atoms with Crippen LogP contribution in [0.5, 0.6) is 5.75 Å². The van der Waals surface area contributed by atoms with Crippen molar-refractivity contribution in [3.05, 3.63) is 28.2 Å². The van der Waals surface area contributed by atoms with Crippen molar-refractivity contribution >= 4 is 21.9 Å². The van der Waals surface area contributed by atoms with Crippen LogP contribution in [0, 0.1) is 0 Å². The van der Waals surface area contributed by atoms with Gasteiger partial charge in [-0.2, -0.15) is 0 Å². The van der Waals surface area contributed by atoms with E-state index in [1.807, 2.05) is 25.1 Å². The van der Waals surface area contributed by atoms with Crippen molar-refractivity contribution in [3.8, 4) is 5.75 Å². The summed E-state index contributed by atoms with van der Waals surface area (Å²) in [7, 11) is 1.63. The van der Waals surface area contributed by atoms with E-state index in [-0.39, 0.29) is 18.5 Å². The van der Waals surface area contributed by atoms with E-state index in [0.29, 0.717) is 6.42 Å². The minimum atomic E-state index is -0.756. The van der Waals surface area contributed by atoms with Gasteiger partial charge in [0.1, 0.15) is 5.75 Å². The molecule has 2 atom stereocenters. The summed E-state index contributed by atoms with van der Waals surface area (Å²) in [6.45, 7) is 4.06. The van der Waals surface area contributed by atoms with Crippen LogP contribution >= 0.6 is 15.9 Å². The van der Waals surface area contributed by atoms with Crippen molar-refractivity contribution in [1.29, 1.82) is 0 Å². The Kier molecular flexibility index (Phi) is 6.31. The van der Waals surface area contributed by atoms with Crippen molar-refractivity contribution in [1.82, 2.24) is 5.32 Å². The van der Waals surface area contributed by atoms with Gasteiger partial charge in [-0.1, -0.05) is 6.07 Å². The zero-order valence-corrected chi connectivity index (χ0v) is 13.0. The molecule has 2 N–H and O–H groups in total. The van der Waals surface area contributed by atoms with Crippen LogP contribution in [0.2, 0.25) is 0 Å². The second-order valence-electron chi connectivity index (χ2n) is 4.62. The summed E-state index contributed by atoms with van der Waals surface area (Å²) in [4.78, 5) is 10.5. The first-order valence-electron chi connectivity index (χ1n) is 6.25. The van der Waals surface area contributed by atoms with Gasteiger partial charge in [-0.05, 0) is 53.9 Å². The highest BCUT2D eigenvalue weighted by Gasteiger charge is 2.12. The number of halogens is 1. The molecule has 0 fully saturated rings. The Hall–Kier alpha value is -1.07. The van der Waals surface area contributed by atoms with Gasteiger partial charge in [0.25, 0.3) is 0 Å². The molecule has 0 aliphatic carbocycles. The third-order valence-corrected chi connectivity index (χ3v) is 3.62. The van der Waals surface area contributed by atoms with Crippen LogP contribution in [0.4, 0.5) is 0 Å². The molecule has 19 heavy (non-hydrogen) atoms. The summed E-state index contributed by atoms with van der Waals surface area (Å²) in [5, 5.41) is 12.1. The van der Waals surface area contributed by atoms with E-state index in [0.717, 1.165) is 15.8 Å². The number of hydrogen-bond acceptors (Lipinski definition) is 3. The van der Waals surface area contributed by atoms with E-state index in [1.54, 1.807) is 7.11 Å². The van der Waals surface area contributed by atoms with Crippen LogP contribution in [0.15, 0.2) is 22.7 Å². The van der Waals surface area contributed by atoms with Crippen molar-refractivity contribution in [2.75, 3.05) is 7.11 Å². The summed E-state index contributed by atoms with van der Waals surface area (Å²) in [5.41, 5.74) is 1.13. The third-order valence-electron chi connectivity index (χ3n) is 3.00. The van der Waals surface area contributed by atoms with Gasteiger partial charge >= 0.3 is 5.97 Å². The first kappa shape index (κ1) is 16.0. The zero-order chi connectivity index (χ0) is 14.4. The van der Waals surface area contributed by atoms with Crippen LogP contribution < -0.4 is 10.1 Å². The van der Waals surface area contributed by atoms with E-state index in [1.165, 1.54) is 0 Å². The Labute approximate surface area is 122 Å². The molecule has 0 radical (unpaired) electrons. The average molecular weight is 330 g/mol. The van der Waals surface area contributed by atoms with Gasteiger partial charge < -0.3 is 15.2 Å². The van der Waals surface area contributed by atoms with Crippen LogP contribution in [-0.4, -0.2) is 24.2 Å². The van der Waals surface area contributed by atoms with Crippen LogP contribution in [0.25, 0.3) is 0 Å². The van der Waals surface area contributed by atoms with E-state index in [4.69, 9.17) is 9.84 Å². The Balaban J connectivity index is 2.60. The molecule has 5 heteroatoms. The van der Waals surface area contributed by atoms with Crippen LogP contribution in [0.3, 0.4) is 0 Å². The second-order valence-corrected chi connectivity index (χ2v) is 5.47. The molecule has 1 rings (SSSR count). The number of ether oxygens (including phenoxy) is 1. The first-order valence-corrected chi connectivity index (χ1v) is 7.04. The monoisotopic (exact) mass is 329 g/mol. The largest absolute Gasteiger partial charge is 0.496 e. The highest BCUT2D eigenvalue weighted by molar-refractivity contribution is 9.10. The topological polar surface area (TPSA) is 58.6 Å². The lowest BCUT2D eigenvalue weighted by Crippen LogP contribution is -2.29. The maximum Gasteiger partial charge on any atom is 0.303 e. The van der Waals surface area contributed by atoms with Crippen molar-refractivity contribution in [3.63, 3.8) is 0 Å². The summed E-state index contributed by atoms with van der Waals surface area (Å²) in [6.07, 6.45) is 0.810. The SMILES string of the molecule is COc1ccc(C(C)NC(C)CCC(=O)O)cc1Br. The lowest BCUT2D eigenvalue weighted by molar-refractivity contribution is -0.137. The maximum absolute atomic E-state index is 10.5. The van der Waals surface area contributed by atoms with Gasteiger partial charge in [0, 0.05) is 18.5 Å². The number of carboxylic acids is 1. The number of carbonyl (C=O) groups is 1. The number of hydrogen-bond donors (Lipinski definition) is 2. The summed E-state index contributed by atoms with van der Waals surface area (Å²) in [5.74, 6) is 0.0448. The lowest BCUT2D eigenvalue weighted by atomic mass is 10.1. The number of methoxy groups -OCH3 is 1. The fourth-order valence-electron chi connectivity index (χ4n) is 1.90. The molecule has 0 aliphatic rings.